The fourth-order valence-electron chi connectivity index (χ4n) is 3.68. The molecule has 2 amide bonds. The fourth-order valence-corrected chi connectivity index (χ4v) is 5.21. The summed E-state index contributed by atoms with van der Waals surface area (Å²) in [6.45, 7) is 15.9. The molecule has 2 heterocycles. The van der Waals surface area contributed by atoms with E-state index in [-0.39, 0.29) is 16.8 Å². The van der Waals surface area contributed by atoms with Gasteiger partial charge in [-0.05, 0) is 77.6 Å². The Morgan fingerprint density at radius 1 is 1.09 bits per heavy atom. The van der Waals surface area contributed by atoms with Crippen LogP contribution < -0.4 is 15.5 Å². The smallest absolute Gasteiger partial charge is 0.319 e. The average Bonchev–Trinajstić information content (AvgIpc) is 2.73. The van der Waals surface area contributed by atoms with Crippen LogP contribution in [0, 0.1) is 0 Å². The molecular formula is C24H36N5O2S+. The van der Waals surface area contributed by atoms with Crippen LogP contribution in [0.2, 0.25) is 0 Å². The van der Waals surface area contributed by atoms with Crippen molar-refractivity contribution < 1.29 is 9.53 Å². The molecule has 0 saturated carbocycles. The van der Waals surface area contributed by atoms with Gasteiger partial charge in [0.05, 0.1) is 13.2 Å². The minimum atomic E-state index is -0.213. The summed E-state index contributed by atoms with van der Waals surface area (Å²) < 4.78 is 5.43. The van der Waals surface area contributed by atoms with Gasteiger partial charge in [-0.15, -0.1) is 0 Å². The molecule has 0 aliphatic carbocycles. The Morgan fingerprint density at radius 2 is 1.75 bits per heavy atom. The minimum Gasteiger partial charge on any atom is -0.378 e. The molecular weight excluding hydrogens is 422 g/mol. The molecule has 32 heavy (non-hydrogen) atoms. The van der Waals surface area contributed by atoms with Crippen molar-refractivity contribution in [1.29, 1.82) is 0 Å². The zero-order valence-corrected chi connectivity index (χ0v) is 20.9. The predicted octanol–water partition coefficient (Wildman–Crippen LogP) is 3.97. The third kappa shape index (κ3) is 6.59. The third-order valence-electron chi connectivity index (χ3n) is 5.08. The number of amides is 2. The number of benzene rings is 1. The van der Waals surface area contributed by atoms with E-state index < -0.39 is 0 Å². The molecule has 2 N–H and O–H groups in total. The predicted molar refractivity (Wildman–Crippen MR) is 135 cm³/mol. The molecule has 0 unspecified atom stereocenters. The first-order valence-corrected chi connectivity index (χ1v) is 12.2. The van der Waals surface area contributed by atoms with Gasteiger partial charge in [0.2, 0.25) is 0 Å². The number of nitrogens with zero attached hydrogens (tertiary/aromatic N) is 3. The van der Waals surface area contributed by atoms with E-state index in [0.29, 0.717) is 24.3 Å². The summed E-state index contributed by atoms with van der Waals surface area (Å²) in [7, 11) is 0. The van der Waals surface area contributed by atoms with Gasteiger partial charge in [0.1, 0.15) is 16.8 Å². The van der Waals surface area contributed by atoms with Gasteiger partial charge in [0.15, 0.2) is 10.6 Å². The first-order valence-electron chi connectivity index (χ1n) is 11.3. The Labute approximate surface area is 195 Å². The maximum absolute atomic E-state index is 12.0. The molecule has 8 heteroatoms. The van der Waals surface area contributed by atoms with Crippen LogP contribution in [-0.2, 0) is 21.2 Å². The van der Waals surface area contributed by atoms with Crippen molar-refractivity contribution in [2.24, 2.45) is 0 Å². The van der Waals surface area contributed by atoms with Gasteiger partial charge >= 0.3 is 6.03 Å². The largest absolute Gasteiger partial charge is 0.378 e. The number of ether oxygens (including phenoxy) is 1. The van der Waals surface area contributed by atoms with E-state index in [1.807, 2.05) is 38.1 Å². The highest BCUT2D eigenvalue weighted by atomic mass is 32.2. The summed E-state index contributed by atoms with van der Waals surface area (Å²) in [5, 5.41) is 6.23. The van der Waals surface area contributed by atoms with Gasteiger partial charge in [-0.25, -0.2) is 14.8 Å². The lowest BCUT2D eigenvalue weighted by molar-refractivity contribution is 0.122. The Balaban J connectivity index is 1.92. The standard InChI is InChI=1S/C24H35N5O2S/c1-16(2)25-23(30)26-19-9-7-18(8-10-19)22-27-20(24(5,6)32-17(3)4)15-21(28-22)29-11-13-31-14-12-29/h7-10,15-17H,11-14H2,1-6H3,(H2,25,26,30)/p+1. The summed E-state index contributed by atoms with van der Waals surface area (Å²) in [5.41, 5.74) is 2.70. The number of nitrogens with one attached hydrogen (secondary N) is 2. The molecule has 3 rings (SSSR count). The molecule has 0 atom stereocenters. The first kappa shape index (κ1) is 24.3. The third-order valence-corrected chi connectivity index (χ3v) is 6.47. The lowest BCUT2D eigenvalue weighted by Gasteiger charge is -2.29. The van der Waals surface area contributed by atoms with Crippen molar-refractivity contribution in [1.82, 2.24) is 15.3 Å². The number of morpholine rings is 1. The summed E-state index contributed by atoms with van der Waals surface area (Å²) in [5.74, 6) is 1.65. The summed E-state index contributed by atoms with van der Waals surface area (Å²) >= 11 is 1.33. The topological polar surface area (TPSA) is 79.4 Å². The Hall–Kier alpha value is -2.32. The molecule has 7 nitrogen and oxygen atoms in total. The molecule has 1 aliphatic rings. The Kier molecular flexibility index (Phi) is 8.00. The zero-order valence-electron chi connectivity index (χ0n) is 20.0. The van der Waals surface area contributed by atoms with Gasteiger partial charge in [0.25, 0.3) is 0 Å². The number of rotatable bonds is 7. The van der Waals surface area contributed by atoms with Crippen LogP contribution in [0.5, 0.6) is 0 Å². The Morgan fingerprint density at radius 3 is 2.34 bits per heavy atom. The summed E-state index contributed by atoms with van der Waals surface area (Å²) in [4.78, 5) is 24.1. The second kappa shape index (κ2) is 10.5. The number of hydrogen-bond donors (Lipinski definition) is 2. The normalized spacial score (nSPS) is 14.7. The maximum Gasteiger partial charge on any atom is 0.319 e. The molecule has 1 aliphatic heterocycles. The summed E-state index contributed by atoms with van der Waals surface area (Å²) in [6.07, 6.45) is 0. The van der Waals surface area contributed by atoms with Crippen LogP contribution in [0.1, 0.15) is 47.2 Å². The molecule has 0 bridgehead atoms. The van der Waals surface area contributed by atoms with Gasteiger partial charge in [-0.2, -0.15) is 0 Å². The monoisotopic (exact) mass is 458 g/mol. The van der Waals surface area contributed by atoms with Crippen LogP contribution in [-0.4, -0.2) is 53.6 Å². The van der Waals surface area contributed by atoms with Gasteiger partial charge in [-0.1, -0.05) is 0 Å². The minimum absolute atomic E-state index is 0.0810. The Bertz CT molecular complexity index is 909. The lowest BCUT2D eigenvalue weighted by atomic mass is 10.1. The van der Waals surface area contributed by atoms with E-state index in [2.05, 4.69) is 49.3 Å². The van der Waals surface area contributed by atoms with E-state index in [4.69, 9.17) is 14.7 Å². The van der Waals surface area contributed by atoms with E-state index in [1.165, 1.54) is 11.8 Å². The molecule has 1 saturated heterocycles. The van der Waals surface area contributed by atoms with Crippen molar-refractivity contribution in [3.63, 3.8) is 0 Å². The van der Waals surface area contributed by atoms with Crippen molar-refractivity contribution in [2.75, 3.05) is 36.5 Å². The van der Waals surface area contributed by atoms with E-state index >= 15 is 0 Å². The van der Waals surface area contributed by atoms with E-state index in [0.717, 1.165) is 35.9 Å². The molecule has 1 fully saturated rings. The lowest BCUT2D eigenvalue weighted by Crippen LogP contribution is -2.37. The van der Waals surface area contributed by atoms with Gasteiger partial charge < -0.3 is 20.3 Å². The van der Waals surface area contributed by atoms with Crippen LogP contribution in [0.4, 0.5) is 16.3 Å². The summed E-state index contributed by atoms with van der Waals surface area (Å²) in [6, 6.07) is 9.69. The van der Waals surface area contributed by atoms with Gasteiger partial charge in [0, 0.05) is 36.4 Å². The van der Waals surface area contributed by atoms with E-state index in [1.54, 1.807) is 0 Å². The number of hydrogen-bond acceptors (Lipinski definition) is 5. The van der Waals surface area contributed by atoms with Crippen molar-refractivity contribution >= 4 is 29.3 Å². The van der Waals surface area contributed by atoms with Crippen molar-refractivity contribution in [3.05, 3.63) is 36.0 Å². The van der Waals surface area contributed by atoms with Crippen LogP contribution in [0.3, 0.4) is 0 Å². The molecule has 0 spiro atoms. The first-order chi connectivity index (χ1) is 15.1. The number of thiol groups is 1. The second-order valence-electron chi connectivity index (χ2n) is 9.15. The number of carbonyl (C=O) groups is 1. The highest BCUT2D eigenvalue weighted by molar-refractivity contribution is 7.80. The highest BCUT2D eigenvalue weighted by Crippen LogP contribution is 2.31. The number of anilines is 2. The number of carbonyl (C=O) groups excluding carboxylic acids is 1. The van der Waals surface area contributed by atoms with Gasteiger partial charge in [-0.3, -0.25) is 0 Å². The zero-order chi connectivity index (χ0) is 23.3. The number of aromatic nitrogens is 2. The highest BCUT2D eigenvalue weighted by Gasteiger charge is 2.34. The van der Waals surface area contributed by atoms with E-state index in [9.17, 15) is 4.79 Å². The molecule has 0 radical (unpaired) electrons. The fraction of sp³-hybridized carbons (Fsp3) is 0.542. The molecule has 2 aromatic rings. The number of urea groups is 1. The maximum atomic E-state index is 12.0. The quantitative estimate of drug-likeness (QED) is 0.485. The van der Waals surface area contributed by atoms with Crippen molar-refractivity contribution in [2.45, 2.75) is 57.6 Å². The average molecular weight is 459 g/mol. The van der Waals surface area contributed by atoms with Crippen molar-refractivity contribution in [3.8, 4) is 11.4 Å². The van der Waals surface area contributed by atoms with Crippen LogP contribution in [0.15, 0.2) is 30.3 Å². The molecule has 174 valence electrons. The SMILES string of the molecule is CC(C)NC(=O)Nc1ccc(-c2nc(N3CCOCC3)cc(C(C)(C)[SH+]C(C)C)n2)cc1. The van der Waals surface area contributed by atoms with Crippen LogP contribution in [0.25, 0.3) is 11.4 Å². The van der Waals surface area contributed by atoms with Crippen LogP contribution >= 0.6 is 0 Å². The molecule has 1 aromatic heterocycles. The molecule has 1 aromatic carbocycles. The second-order valence-corrected chi connectivity index (χ2v) is 11.6.